The minimum atomic E-state index is -4.30. The number of nitrogens with one attached hydrogen (secondary N) is 1. The molecular weight excluding hydrogens is 628 g/mol. The van der Waals surface area contributed by atoms with Crippen LogP contribution in [0, 0.1) is 6.92 Å². The summed E-state index contributed by atoms with van der Waals surface area (Å²) in [6.07, 6.45) is 0.686. The zero-order valence-electron chi connectivity index (χ0n) is 23.0. The predicted octanol–water partition coefficient (Wildman–Crippen LogP) is 7.14. The van der Waals surface area contributed by atoms with Crippen LogP contribution in [0.15, 0.2) is 65.6 Å². The lowest BCUT2D eigenvalue weighted by molar-refractivity contribution is -0.139. The van der Waals surface area contributed by atoms with Crippen molar-refractivity contribution in [2.24, 2.45) is 0 Å². The normalized spacial score (nSPS) is 12.9. The second-order valence-corrected chi connectivity index (χ2v) is 13.1. The molecule has 0 saturated carbocycles. The lowest BCUT2D eigenvalue weighted by Crippen LogP contribution is -2.52. The van der Waals surface area contributed by atoms with Crippen molar-refractivity contribution in [3.63, 3.8) is 0 Å². The first-order valence-electron chi connectivity index (χ1n) is 12.8. The van der Waals surface area contributed by atoms with Gasteiger partial charge in [0.15, 0.2) is 0 Å². The highest BCUT2D eigenvalue weighted by atomic mass is 35.5. The van der Waals surface area contributed by atoms with Crippen LogP contribution >= 0.6 is 46.4 Å². The van der Waals surface area contributed by atoms with Crippen molar-refractivity contribution in [2.45, 2.75) is 57.6 Å². The second kappa shape index (κ2) is 14.1. The molecule has 12 heteroatoms. The highest BCUT2D eigenvalue weighted by Gasteiger charge is 2.34. The van der Waals surface area contributed by atoms with E-state index in [1.165, 1.54) is 35.2 Å². The van der Waals surface area contributed by atoms with Gasteiger partial charge in [-0.05, 0) is 69.2 Å². The van der Waals surface area contributed by atoms with Crippen LogP contribution in [0.25, 0.3) is 0 Å². The van der Waals surface area contributed by atoms with Gasteiger partial charge >= 0.3 is 0 Å². The van der Waals surface area contributed by atoms with E-state index in [1.54, 1.807) is 37.3 Å². The van der Waals surface area contributed by atoms with E-state index in [2.05, 4.69) is 5.32 Å². The number of aryl methyl sites for hydroxylation is 1. The molecule has 2 amide bonds. The summed E-state index contributed by atoms with van der Waals surface area (Å²) >= 11 is 25.2. The van der Waals surface area contributed by atoms with E-state index >= 15 is 0 Å². The van der Waals surface area contributed by atoms with Crippen LogP contribution in [0.3, 0.4) is 0 Å². The van der Waals surface area contributed by atoms with E-state index in [9.17, 15) is 18.0 Å². The summed E-state index contributed by atoms with van der Waals surface area (Å²) in [4.78, 5) is 28.4. The molecule has 0 aromatic heterocycles. The smallest absolute Gasteiger partial charge is 0.264 e. The van der Waals surface area contributed by atoms with Crippen LogP contribution in [0.1, 0.15) is 38.3 Å². The molecule has 41 heavy (non-hydrogen) atoms. The van der Waals surface area contributed by atoms with Crippen LogP contribution in [-0.4, -0.2) is 43.8 Å². The fourth-order valence-electron chi connectivity index (χ4n) is 3.92. The molecule has 1 N–H and O–H groups in total. The molecule has 0 bridgehead atoms. The van der Waals surface area contributed by atoms with E-state index in [-0.39, 0.29) is 33.2 Å². The number of rotatable bonds is 11. The average Bonchev–Trinajstić information content (AvgIpc) is 2.92. The summed E-state index contributed by atoms with van der Waals surface area (Å²) in [5.41, 5.74) is 1.41. The number of halogens is 4. The number of carbonyl (C=O) groups is 2. The van der Waals surface area contributed by atoms with Crippen molar-refractivity contribution in [1.29, 1.82) is 0 Å². The number of carbonyl (C=O) groups excluding carboxylic acids is 2. The van der Waals surface area contributed by atoms with E-state index in [4.69, 9.17) is 46.4 Å². The van der Waals surface area contributed by atoms with E-state index in [0.717, 1.165) is 9.87 Å². The molecule has 220 valence electrons. The molecule has 3 aromatic rings. The summed E-state index contributed by atoms with van der Waals surface area (Å²) < 4.78 is 28.8. The maximum Gasteiger partial charge on any atom is 0.264 e. The maximum absolute atomic E-state index is 14.0. The largest absolute Gasteiger partial charge is 0.352 e. The lowest BCUT2D eigenvalue weighted by atomic mass is 10.1. The van der Waals surface area contributed by atoms with Gasteiger partial charge in [-0.1, -0.05) is 83.2 Å². The number of anilines is 1. The minimum Gasteiger partial charge on any atom is -0.352 e. The van der Waals surface area contributed by atoms with Gasteiger partial charge in [-0.15, -0.1) is 0 Å². The Labute approximate surface area is 261 Å². The first-order chi connectivity index (χ1) is 19.3. The second-order valence-electron chi connectivity index (χ2n) is 9.65. The Kier molecular flexibility index (Phi) is 11.4. The standard InChI is InChI=1S/C29H31Cl4N3O4S/c1-5-19(3)34-29(38)20(4)35(16-21-11-12-22(30)15-25(21)32)27(37)17-36(26-8-6-7-24(31)28(26)33)41(39,40)23-13-9-18(2)10-14-23/h6-15,19-20H,5,16-17H2,1-4H3,(H,34,38)/t19-,20+/m1/s1. The topological polar surface area (TPSA) is 86.8 Å². The first-order valence-corrected chi connectivity index (χ1v) is 15.8. The number of nitrogens with zero attached hydrogens (tertiary/aromatic N) is 2. The summed E-state index contributed by atoms with van der Waals surface area (Å²) in [6, 6.07) is 14.4. The van der Waals surface area contributed by atoms with Crippen LogP contribution in [0.4, 0.5) is 5.69 Å². The highest BCUT2D eigenvalue weighted by molar-refractivity contribution is 7.92. The molecule has 0 aliphatic carbocycles. The Morgan fingerprint density at radius 1 is 0.927 bits per heavy atom. The zero-order valence-corrected chi connectivity index (χ0v) is 26.8. The molecule has 0 unspecified atom stereocenters. The molecule has 0 saturated heterocycles. The van der Waals surface area contributed by atoms with E-state index < -0.39 is 34.4 Å². The molecule has 0 aliphatic heterocycles. The number of sulfonamides is 1. The van der Waals surface area contributed by atoms with Crippen molar-refractivity contribution in [3.8, 4) is 0 Å². The predicted molar refractivity (Wildman–Crippen MR) is 167 cm³/mol. The van der Waals surface area contributed by atoms with Crippen LogP contribution < -0.4 is 9.62 Å². The van der Waals surface area contributed by atoms with E-state index in [1.807, 2.05) is 20.8 Å². The van der Waals surface area contributed by atoms with Crippen LogP contribution in [0.2, 0.25) is 20.1 Å². The Balaban J connectivity index is 2.09. The van der Waals surface area contributed by atoms with Gasteiger partial charge in [0.2, 0.25) is 11.8 Å². The third-order valence-electron chi connectivity index (χ3n) is 6.61. The quantitative estimate of drug-likeness (QED) is 0.237. The van der Waals surface area contributed by atoms with Gasteiger partial charge in [0, 0.05) is 22.6 Å². The Hall–Kier alpha value is -2.49. The van der Waals surface area contributed by atoms with Crippen LogP contribution in [0.5, 0.6) is 0 Å². The molecular formula is C29H31Cl4N3O4S. The van der Waals surface area contributed by atoms with Crippen molar-refractivity contribution in [3.05, 3.63) is 91.9 Å². The van der Waals surface area contributed by atoms with Gasteiger partial charge < -0.3 is 10.2 Å². The lowest BCUT2D eigenvalue weighted by Gasteiger charge is -2.33. The molecule has 0 fully saturated rings. The number of benzene rings is 3. The Morgan fingerprint density at radius 3 is 2.20 bits per heavy atom. The monoisotopic (exact) mass is 657 g/mol. The van der Waals surface area contributed by atoms with Gasteiger partial charge in [-0.3, -0.25) is 13.9 Å². The summed E-state index contributed by atoms with van der Waals surface area (Å²) in [7, 11) is -4.30. The van der Waals surface area contributed by atoms with Gasteiger partial charge in [-0.2, -0.15) is 0 Å². The molecule has 3 rings (SSSR count). The molecule has 3 aromatic carbocycles. The first kappa shape index (κ1) is 33.0. The van der Waals surface area contributed by atoms with Crippen molar-refractivity contribution in [2.75, 3.05) is 10.8 Å². The minimum absolute atomic E-state index is 0.0225. The highest BCUT2D eigenvalue weighted by Crippen LogP contribution is 2.36. The SMILES string of the molecule is CC[C@@H](C)NC(=O)[C@H](C)N(Cc1ccc(Cl)cc1Cl)C(=O)CN(c1cccc(Cl)c1Cl)S(=O)(=O)c1ccc(C)cc1. The molecule has 0 spiro atoms. The molecule has 0 aliphatic rings. The molecule has 0 radical (unpaired) electrons. The number of amides is 2. The van der Waals surface area contributed by atoms with Crippen molar-refractivity contribution in [1.82, 2.24) is 10.2 Å². The number of hydrogen-bond donors (Lipinski definition) is 1. The molecule has 2 atom stereocenters. The Bertz CT molecular complexity index is 1520. The third kappa shape index (κ3) is 8.08. The maximum atomic E-state index is 14.0. The van der Waals surface area contributed by atoms with Gasteiger partial charge in [-0.25, -0.2) is 8.42 Å². The third-order valence-corrected chi connectivity index (χ3v) is 9.78. The zero-order chi connectivity index (χ0) is 30.5. The van der Waals surface area contributed by atoms with Gasteiger partial charge in [0.05, 0.1) is 20.6 Å². The van der Waals surface area contributed by atoms with Gasteiger partial charge in [0.25, 0.3) is 10.0 Å². The summed E-state index contributed by atoms with van der Waals surface area (Å²) in [5.74, 6) is -1.05. The fraction of sp³-hybridized carbons (Fsp3) is 0.310. The van der Waals surface area contributed by atoms with Crippen molar-refractivity contribution >= 4 is 73.9 Å². The summed E-state index contributed by atoms with van der Waals surface area (Å²) in [6.45, 7) is 6.44. The van der Waals surface area contributed by atoms with Crippen LogP contribution in [-0.2, 0) is 26.2 Å². The average molecular weight is 659 g/mol. The Morgan fingerprint density at radius 2 is 1.59 bits per heavy atom. The molecule has 7 nitrogen and oxygen atoms in total. The van der Waals surface area contributed by atoms with Crippen molar-refractivity contribution < 1.29 is 18.0 Å². The summed E-state index contributed by atoms with van der Waals surface area (Å²) in [5, 5.41) is 3.67. The van der Waals surface area contributed by atoms with Gasteiger partial charge in [0.1, 0.15) is 12.6 Å². The fourth-order valence-corrected chi connectivity index (χ4v) is 6.26. The van der Waals surface area contributed by atoms with E-state index in [0.29, 0.717) is 22.0 Å². The number of hydrogen-bond acceptors (Lipinski definition) is 4. The molecule has 0 heterocycles.